The first-order valence-electron chi connectivity index (χ1n) is 6.63. The van der Waals surface area contributed by atoms with Crippen molar-refractivity contribution in [3.63, 3.8) is 0 Å². The van der Waals surface area contributed by atoms with Crippen molar-refractivity contribution in [2.75, 3.05) is 0 Å². The molecule has 1 aliphatic carbocycles. The monoisotopic (exact) mass is 316 g/mol. The molecule has 2 N–H and O–H groups in total. The highest BCUT2D eigenvalue weighted by Crippen LogP contribution is 2.40. The summed E-state index contributed by atoms with van der Waals surface area (Å²) in [7, 11) is 0. The van der Waals surface area contributed by atoms with Crippen molar-refractivity contribution in [2.24, 2.45) is 5.73 Å². The lowest BCUT2D eigenvalue weighted by atomic mass is 9.89. The van der Waals surface area contributed by atoms with Gasteiger partial charge in [-0.05, 0) is 48.6 Å². The van der Waals surface area contributed by atoms with Crippen molar-refractivity contribution in [1.82, 2.24) is 4.98 Å². The van der Waals surface area contributed by atoms with E-state index in [0.29, 0.717) is 5.92 Å². The molecule has 98 valence electrons. The zero-order chi connectivity index (χ0) is 13.4. The number of aryl methyl sites for hydroxylation is 1. The van der Waals surface area contributed by atoms with Crippen molar-refractivity contribution in [3.8, 4) is 0 Å². The SMILES string of the molecule is Cc1c(Br)cccc1C(N)C1CCc2cccnc21. The van der Waals surface area contributed by atoms with Gasteiger partial charge in [0.1, 0.15) is 0 Å². The molecule has 0 amide bonds. The van der Waals surface area contributed by atoms with Gasteiger partial charge in [-0.3, -0.25) is 4.98 Å². The summed E-state index contributed by atoms with van der Waals surface area (Å²) in [5.74, 6) is 0.337. The summed E-state index contributed by atoms with van der Waals surface area (Å²) in [5, 5.41) is 0. The minimum absolute atomic E-state index is 0.0219. The van der Waals surface area contributed by atoms with E-state index in [-0.39, 0.29) is 6.04 Å². The molecule has 2 unspecified atom stereocenters. The highest BCUT2D eigenvalue weighted by atomic mass is 79.9. The highest BCUT2D eigenvalue weighted by Gasteiger charge is 2.30. The predicted octanol–water partition coefficient (Wildman–Crippen LogP) is 3.88. The lowest BCUT2D eigenvalue weighted by Gasteiger charge is -2.22. The van der Waals surface area contributed by atoms with Crippen molar-refractivity contribution >= 4 is 15.9 Å². The first-order valence-corrected chi connectivity index (χ1v) is 7.42. The molecule has 0 aliphatic heterocycles. The third kappa shape index (κ3) is 2.21. The number of hydrogen-bond donors (Lipinski definition) is 1. The van der Waals surface area contributed by atoms with Crippen LogP contribution in [-0.2, 0) is 6.42 Å². The Labute approximate surface area is 122 Å². The number of nitrogens with two attached hydrogens (primary N) is 1. The van der Waals surface area contributed by atoms with Crippen LogP contribution in [0.3, 0.4) is 0 Å². The second kappa shape index (κ2) is 5.06. The molecule has 1 aliphatic rings. The summed E-state index contributed by atoms with van der Waals surface area (Å²) >= 11 is 3.58. The first kappa shape index (κ1) is 12.8. The minimum atomic E-state index is 0.0219. The van der Waals surface area contributed by atoms with Crippen molar-refractivity contribution in [2.45, 2.75) is 31.7 Å². The van der Waals surface area contributed by atoms with Crippen LogP contribution in [0.15, 0.2) is 41.0 Å². The van der Waals surface area contributed by atoms with Crippen LogP contribution < -0.4 is 5.73 Å². The second-order valence-corrected chi connectivity index (χ2v) is 6.03. The molecule has 3 heteroatoms. The maximum atomic E-state index is 6.52. The van der Waals surface area contributed by atoms with Crippen molar-refractivity contribution in [3.05, 3.63) is 63.4 Å². The van der Waals surface area contributed by atoms with Crippen molar-refractivity contribution in [1.29, 1.82) is 0 Å². The lowest BCUT2D eigenvalue weighted by molar-refractivity contribution is 0.539. The zero-order valence-electron chi connectivity index (χ0n) is 10.9. The summed E-state index contributed by atoms with van der Waals surface area (Å²) in [6, 6.07) is 10.5. The fourth-order valence-electron chi connectivity index (χ4n) is 3.00. The van der Waals surface area contributed by atoms with Crippen LogP contribution in [0.25, 0.3) is 0 Å². The molecule has 0 spiro atoms. The Morgan fingerprint density at radius 3 is 3.00 bits per heavy atom. The Kier molecular flexibility index (Phi) is 3.42. The molecule has 0 saturated carbocycles. The number of hydrogen-bond acceptors (Lipinski definition) is 2. The first-order chi connectivity index (χ1) is 9.18. The van der Waals surface area contributed by atoms with Crippen LogP contribution in [0, 0.1) is 6.92 Å². The zero-order valence-corrected chi connectivity index (χ0v) is 12.5. The topological polar surface area (TPSA) is 38.9 Å². The number of halogens is 1. The molecule has 19 heavy (non-hydrogen) atoms. The largest absolute Gasteiger partial charge is 0.323 e. The van der Waals surface area contributed by atoms with Crippen molar-refractivity contribution < 1.29 is 0 Å². The van der Waals surface area contributed by atoms with Gasteiger partial charge in [-0.25, -0.2) is 0 Å². The molecule has 0 bridgehead atoms. The van der Waals surface area contributed by atoms with Gasteiger partial charge in [0.05, 0.1) is 0 Å². The number of benzene rings is 1. The molecular weight excluding hydrogens is 300 g/mol. The van der Waals surface area contributed by atoms with E-state index < -0.39 is 0 Å². The number of fused-ring (bicyclic) bond motifs is 1. The van der Waals surface area contributed by atoms with Crippen LogP contribution in [0.2, 0.25) is 0 Å². The Bertz CT molecular complexity index is 609. The van der Waals surface area contributed by atoms with Gasteiger partial charge in [0.25, 0.3) is 0 Å². The smallest absolute Gasteiger partial charge is 0.0485 e. The maximum Gasteiger partial charge on any atom is 0.0485 e. The summed E-state index contributed by atoms with van der Waals surface area (Å²) in [6.45, 7) is 2.12. The minimum Gasteiger partial charge on any atom is -0.323 e. The highest BCUT2D eigenvalue weighted by molar-refractivity contribution is 9.10. The van der Waals surface area contributed by atoms with Crippen LogP contribution in [-0.4, -0.2) is 4.98 Å². The van der Waals surface area contributed by atoms with Gasteiger partial charge >= 0.3 is 0 Å². The number of rotatable bonds is 2. The molecule has 2 nitrogen and oxygen atoms in total. The average Bonchev–Trinajstić information content (AvgIpc) is 2.85. The second-order valence-electron chi connectivity index (χ2n) is 5.17. The molecule has 1 heterocycles. The normalized spacial score (nSPS) is 19.2. The summed E-state index contributed by atoms with van der Waals surface area (Å²) in [6.07, 6.45) is 4.06. The molecule has 0 fully saturated rings. The van der Waals surface area contributed by atoms with E-state index in [1.54, 1.807) is 0 Å². The fourth-order valence-corrected chi connectivity index (χ4v) is 3.38. The van der Waals surface area contributed by atoms with Gasteiger partial charge in [0, 0.05) is 28.3 Å². The van der Waals surface area contributed by atoms with Crippen LogP contribution >= 0.6 is 15.9 Å². The van der Waals surface area contributed by atoms with E-state index in [0.717, 1.165) is 17.3 Å². The number of nitrogens with zero attached hydrogens (tertiary/aromatic N) is 1. The predicted molar refractivity (Wildman–Crippen MR) is 81.1 cm³/mol. The standard InChI is InChI=1S/C16H17BrN2/c1-10-12(5-2-6-14(10)17)15(18)13-8-7-11-4-3-9-19-16(11)13/h2-6,9,13,15H,7-8,18H2,1H3. The van der Waals surface area contributed by atoms with Gasteiger partial charge < -0.3 is 5.73 Å². The van der Waals surface area contributed by atoms with Gasteiger partial charge in [0.15, 0.2) is 0 Å². The van der Waals surface area contributed by atoms with Crippen LogP contribution in [0.4, 0.5) is 0 Å². The Balaban J connectivity index is 1.98. The molecule has 1 aromatic carbocycles. The Morgan fingerprint density at radius 1 is 1.32 bits per heavy atom. The molecule has 1 aromatic heterocycles. The van der Waals surface area contributed by atoms with Gasteiger partial charge in [-0.1, -0.05) is 34.1 Å². The summed E-state index contributed by atoms with van der Waals surface area (Å²) in [5.41, 5.74) is 11.5. The molecular formula is C16H17BrN2. The molecule has 2 atom stereocenters. The van der Waals surface area contributed by atoms with E-state index in [1.807, 2.05) is 12.3 Å². The third-order valence-electron chi connectivity index (χ3n) is 4.10. The van der Waals surface area contributed by atoms with E-state index in [4.69, 9.17) is 5.73 Å². The Hall–Kier alpha value is -1.19. The summed E-state index contributed by atoms with van der Waals surface area (Å²) in [4.78, 5) is 4.55. The average molecular weight is 317 g/mol. The molecule has 0 radical (unpaired) electrons. The summed E-state index contributed by atoms with van der Waals surface area (Å²) < 4.78 is 1.12. The quantitative estimate of drug-likeness (QED) is 0.913. The van der Waals surface area contributed by atoms with E-state index in [9.17, 15) is 0 Å². The van der Waals surface area contributed by atoms with E-state index in [1.165, 1.54) is 22.4 Å². The molecule has 3 rings (SSSR count). The molecule has 0 saturated heterocycles. The molecule has 2 aromatic rings. The van der Waals surface area contributed by atoms with Gasteiger partial charge in [0.2, 0.25) is 0 Å². The van der Waals surface area contributed by atoms with Gasteiger partial charge in [-0.2, -0.15) is 0 Å². The van der Waals surface area contributed by atoms with Gasteiger partial charge in [-0.15, -0.1) is 0 Å². The fraction of sp³-hybridized carbons (Fsp3) is 0.312. The maximum absolute atomic E-state index is 6.52. The van der Waals surface area contributed by atoms with E-state index in [2.05, 4.69) is 52.1 Å². The van der Waals surface area contributed by atoms with Crippen LogP contribution in [0.1, 0.15) is 40.8 Å². The van der Waals surface area contributed by atoms with Crippen LogP contribution in [0.5, 0.6) is 0 Å². The lowest BCUT2D eigenvalue weighted by Crippen LogP contribution is -2.20. The Morgan fingerprint density at radius 2 is 2.16 bits per heavy atom. The number of aromatic nitrogens is 1. The van der Waals surface area contributed by atoms with E-state index >= 15 is 0 Å². The third-order valence-corrected chi connectivity index (χ3v) is 4.96. The number of pyridine rings is 1.